The Kier molecular flexibility index (Phi) is 4.82. The molecular weight excluding hydrogens is 375 g/mol. The van der Waals surface area contributed by atoms with Crippen molar-refractivity contribution in [2.45, 2.75) is 25.8 Å². The average Bonchev–Trinajstić information content (AvgIpc) is 3.03. The van der Waals surface area contributed by atoms with E-state index in [1.54, 1.807) is 7.11 Å². The fourth-order valence-corrected chi connectivity index (χ4v) is 4.23. The Bertz CT molecular complexity index is 887. The topological polar surface area (TPSA) is 28.3 Å². The van der Waals surface area contributed by atoms with Gasteiger partial charge in [0.2, 0.25) is 0 Å². The van der Waals surface area contributed by atoms with Crippen LogP contribution in [0.2, 0.25) is 0 Å². The summed E-state index contributed by atoms with van der Waals surface area (Å²) in [5.41, 5.74) is 5.44. The summed E-state index contributed by atoms with van der Waals surface area (Å²) in [6, 6.07) is 12.8. The number of aromatic nitrogens is 1. The molecule has 25 heavy (non-hydrogen) atoms. The van der Waals surface area contributed by atoms with E-state index in [9.17, 15) is 0 Å². The third-order valence-corrected chi connectivity index (χ3v) is 5.67. The number of ether oxygens (including phenoxy) is 1. The SMILES string of the molecule is [11CH3]Oc1cccc2c1CCN(CCCc1c[nH]c3ccc(Br)cc13)C2. The number of aryl methyl sites for hydroxylation is 1. The Morgan fingerprint density at radius 2 is 2.16 bits per heavy atom. The number of methoxy groups -OCH3 is 1. The van der Waals surface area contributed by atoms with E-state index in [1.807, 2.05) is 0 Å². The third-order valence-electron chi connectivity index (χ3n) is 5.17. The summed E-state index contributed by atoms with van der Waals surface area (Å²) in [6.07, 6.45) is 5.53. The molecule has 1 N–H and O–H groups in total. The van der Waals surface area contributed by atoms with Gasteiger partial charge in [0.05, 0.1) is 7.11 Å². The Labute approximate surface area is 157 Å². The molecule has 4 heteroatoms. The first-order valence-corrected chi connectivity index (χ1v) is 9.66. The highest BCUT2D eigenvalue weighted by atomic mass is 79.9. The predicted octanol–water partition coefficient (Wildman–Crippen LogP) is 4.93. The molecule has 2 heterocycles. The molecule has 0 unspecified atom stereocenters. The van der Waals surface area contributed by atoms with Crippen molar-refractivity contribution in [2.24, 2.45) is 0 Å². The molecule has 130 valence electrons. The molecule has 0 saturated heterocycles. The van der Waals surface area contributed by atoms with E-state index in [-0.39, 0.29) is 0 Å². The van der Waals surface area contributed by atoms with Crippen molar-refractivity contribution >= 4 is 26.8 Å². The molecule has 2 aromatic carbocycles. The molecule has 1 aliphatic heterocycles. The van der Waals surface area contributed by atoms with Crippen LogP contribution >= 0.6 is 15.9 Å². The van der Waals surface area contributed by atoms with Crippen molar-refractivity contribution in [2.75, 3.05) is 20.2 Å². The average molecular weight is 398 g/mol. The van der Waals surface area contributed by atoms with Crippen LogP contribution in [0.15, 0.2) is 47.1 Å². The van der Waals surface area contributed by atoms with Gasteiger partial charge in [-0.15, -0.1) is 0 Å². The maximum atomic E-state index is 5.50. The quantitative estimate of drug-likeness (QED) is 0.660. The minimum atomic E-state index is 1.03. The van der Waals surface area contributed by atoms with Crippen molar-refractivity contribution < 1.29 is 4.74 Å². The van der Waals surface area contributed by atoms with Crippen molar-refractivity contribution in [1.82, 2.24) is 9.88 Å². The normalized spacial score (nSPS) is 14.6. The molecule has 0 saturated carbocycles. The standard InChI is InChI=1S/C21H23BrN2O/c1-25-21-6-2-4-16-14-24(11-9-18(16)21)10-3-5-15-13-23-20-8-7-17(22)12-19(15)20/h2,4,6-8,12-13,23H,3,5,9-11,14H2,1H3/i1-1. The predicted molar refractivity (Wildman–Crippen MR) is 106 cm³/mol. The molecular formula is C21H23BrN2O. The lowest BCUT2D eigenvalue weighted by molar-refractivity contribution is 0.248. The fraction of sp³-hybridized carbons (Fsp3) is 0.333. The van der Waals surface area contributed by atoms with Gasteiger partial charge in [-0.3, -0.25) is 4.90 Å². The zero-order valence-corrected chi connectivity index (χ0v) is 16.1. The maximum absolute atomic E-state index is 5.50. The Balaban J connectivity index is 1.38. The lowest BCUT2D eigenvalue weighted by atomic mass is 9.98. The Morgan fingerprint density at radius 1 is 1.24 bits per heavy atom. The van der Waals surface area contributed by atoms with Crippen LogP contribution in [-0.2, 0) is 19.4 Å². The maximum Gasteiger partial charge on any atom is 0.122 e. The van der Waals surface area contributed by atoms with Crippen LogP contribution in [0.5, 0.6) is 5.75 Å². The van der Waals surface area contributed by atoms with Crippen LogP contribution in [0.1, 0.15) is 23.1 Å². The molecule has 1 aliphatic rings. The molecule has 3 aromatic rings. The van der Waals surface area contributed by atoms with Crippen LogP contribution in [0.4, 0.5) is 0 Å². The van der Waals surface area contributed by atoms with Gasteiger partial charge < -0.3 is 9.72 Å². The first-order chi connectivity index (χ1) is 12.2. The lowest BCUT2D eigenvalue weighted by Crippen LogP contribution is -2.31. The zero-order valence-electron chi connectivity index (χ0n) is 14.5. The second kappa shape index (κ2) is 7.22. The molecule has 4 rings (SSSR count). The number of fused-ring (bicyclic) bond motifs is 2. The van der Waals surface area contributed by atoms with Crippen molar-refractivity contribution in [3.05, 3.63) is 63.8 Å². The zero-order chi connectivity index (χ0) is 17.2. The molecule has 0 bridgehead atoms. The summed E-state index contributed by atoms with van der Waals surface area (Å²) in [6.45, 7) is 3.29. The number of H-pyrrole nitrogens is 1. The second-order valence-electron chi connectivity index (χ2n) is 6.73. The first kappa shape index (κ1) is 16.7. The number of hydrogen-bond acceptors (Lipinski definition) is 2. The van der Waals surface area contributed by atoms with Gasteiger partial charge in [-0.1, -0.05) is 28.1 Å². The number of aromatic amines is 1. The molecule has 0 radical (unpaired) electrons. The van der Waals surface area contributed by atoms with E-state index >= 15 is 0 Å². The second-order valence-corrected chi connectivity index (χ2v) is 7.65. The van der Waals surface area contributed by atoms with E-state index in [2.05, 4.69) is 68.4 Å². The molecule has 1 aromatic heterocycles. The van der Waals surface area contributed by atoms with Gasteiger partial charge in [0.25, 0.3) is 0 Å². The smallest absolute Gasteiger partial charge is 0.122 e. The number of nitrogens with zero attached hydrogens (tertiary/aromatic N) is 1. The van der Waals surface area contributed by atoms with E-state index < -0.39 is 0 Å². The minimum Gasteiger partial charge on any atom is -0.496 e. The highest BCUT2D eigenvalue weighted by Gasteiger charge is 2.18. The number of halogens is 1. The molecule has 0 atom stereocenters. The van der Waals surface area contributed by atoms with Crippen molar-refractivity contribution in [3.8, 4) is 5.75 Å². The van der Waals surface area contributed by atoms with Gasteiger partial charge in [-0.05, 0) is 66.8 Å². The first-order valence-electron chi connectivity index (χ1n) is 8.87. The van der Waals surface area contributed by atoms with Crippen LogP contribution in [-0.4, -0.2) is 30.1 Å². The Hall–Kier alpha value is -1.78. The van der Waals surface area contributed by atoms with Crippen molar-refractivity contribution in [1.29, 1.82) is 0 Å². The Morgan fingerprint density at radius 3 is 3.04 bits per heavy atom. The lowest BCUT2D eigenvalue weighted by Gasteiger charge is -2.29. The molecule has 0 spiro atoms. The minimum absolute atomic E-state index is 1.03. The molecule has 3 nitrogen and oxygen atoms in total. The summed E-state index contributed by atoms with van der Waals surface area (Å²) in [4.78, 5) is 5.94. The van der Waals surface area contributed by atoms with Gasteiger partial charge in [0, 0.05) is 34.7 Å². The molecule has 0 aliphatic carbocycles. The van der Waals surface area contributed by atoms with Crippen LogP contribution in [0.3, 0.4) is 0 Å². The number of nitrogens with one attached hydrogen (secondary N) is 1. The van der Waals surface area contributed by atoms with Gasteiger partial charge in [0.15, 0.2) is 0 Å². The third kappa shape index (κ3) is 3.46. The summed E-state index contributed by atoms with van der Waals surface area (Å²) >= 11 is 3.58. The van der Waals surface area contributed by atoms with Crippen molar-refractivity contribution in [3.63, 3.8) is 0 Å². The summed E-state index contributed by atoms with van der Waals surface area (Å²) in [5.74, 6) is 1.04. The summed E-state index contributed by atoms with van der Waals surface area (Å²) < 4.78 is 6.64. The number of hydrogen-bond donors (Lipinski definition) is 1. The number of rotatable bonds is 5. The highest BCUT2D eigenvalue weighted by molar-refractivity contribution is 9.10. The number of benzene rings is 2. The summed E-state index contributed by atoms with van der Waals surface area (Å²) in [5, 5.41) is 1.34. The van der Waals surface area contributed by atoms with Gasteiger partial charge >= 0.3 is 0 Å². The molecule has 0 fully saturated rings. The van der Waals surface area contributed by atoms with E-state index in [0.29, 0.717) is 0 Å². The van der Waals surface area contributed by atoms with Crippen LogP contribution in [0.25, 0.3) is 10.9 Å². The monoisotopic (exact) mass is 397 g/mol. The largest absolute Gasteiger partial charge is 0.496 e. The van der Waals surface area contributed by atoms with Gasteiger partial charge in [-0.2, -0.15) is 0 Å². The van der Waals surface area contributed by atoms with Gasteiger partial charge in [-0.25, -0.2) is 0 Å². The van der Waals surface area contributed by atoms with Crippen LogP contribution in [0, 0.1) is 0 Å². The van der Waals surface area contributed by atoms with Gasteiger partial charge in [0.1, 0.15) is 5.75 Å². The van der Waals surface area contributed by atoms with Crippen LogP contribution < -0.4 is 4.74 Å². The highest BCUT2D eigenvalue weighted by Crippen LogP contribution is 2.28. The fourth-order valence-electron chi connectivity index (χ4n) is 3.87. The van der Waals surface area contributed by atoms with E-state index in [4.69, 9.17) is 4.74 Å². The summed E-state index contributed by atoms with van der Waals surface area (Å²) in [7, 11) is 1.77. The van der Waals surface area contributed by atoms with E-state index in [1.165, 1.54) is 34.0 Å². The molecule has 0 amide bonds. The van der Waals surface area contributed by atoms with E-state index in [0.717, 1.165) is 42.7 Å².